The molecule has 0 aliphatic rings. The topological polar surface area (TPSA) is 26.3 Å². The number of hydrogen-bond donors (Lipinski definition) is 0. The normalized spacial score (nSPS) is 15.8. The molecule has 0 aliphatic carbocycles. The van der Waals surface area contributed by atoms with E-state index < -0.39 is 7.37 Å². The Balaban J connectivity index is 3.03. The molecule has 11 heavy (non-hydrogen) atoms. The van der Waals surface area contributed by atoms with E-state index >= 15 is 0 Å². The van der Waals surface area contributed by atoms with Crippen LogP contribution < -0.4 is 5.30 Å². The maximum Gasteiger partial charge on any atom is 0.228 e. The highest BCUT2D eigenvalue weighted by molar-refractivity contribution is 7.66. The Morgan fingerprint density at radius 1 is 1.27 bits per heavy atom. The van der Waals surface area contributed by atoms with Crippen LogP contribution in [0.1, 0.15) is 0 Å². The summed E-state index contributed by atoms with van der Waals surface area (Å²) in [5.41, 5.74) is 0. The third-order valence-electron chi connectivity index (χ3n) is 1.57. The number of hydrogen-bond acceptors (Lipinski definition) is 2. The van der Waals surface area contributed by atoms with Crippen molar-refractivity contribution in [2.45, 2.75) is 0 Å². The second-order valence-corrected chi connectivity index (χ2v) is 4.94. The number of benzene rings is 1. The minimum Gasteiger partial charge on any atom is -0.329 e. The standard InChI is InChI=1S/C8H11O2P/c1-10-11(2,9)8-6-4-3-5-7-8/h3-7H,1-2H3/t11-/m1/s1. The molecule has 0 saturated carbocycles. The molecule has 0 spiro atoms. The summed E-state index contributed by atoms with van der Waals surface area (Å²) in [4.78, 5) is 0. The fourth-order valence-corrected chi connectivity index (χ4v) is 1.73. The van der Waals surface area contributed by atoms with Crippen LogP contribution >= 0.6 is 7.37 Å². The molecule has 0 N–H and O–H groups in total. The lowest BCUT2D eigenvalue weighted by Gasteiger charge is -2.09. The predicted octanol–water partition coefficient (Wildman–Crippen LogP) is 1.87. The molecule has 0 unspecified atom stereocenters. The van der Waals surface area contributed by atoms with Gasteiger partial charge in [0.25, 0.3) is 0 Å². The zero-order chi connectivity index (χ0) is 8.32. The largest absolute Gasteiger partial charge is 0.329 e. The average Bonchev–Trinajstić information content (AvgIpc) is 2.06. The molecule has 1 aromatic rings. The molecule has 0 aliphatic heterocycles. The molecule has 0 amide bonds. The van der Waals surface area contributed by atoms with Gasteiger partial charge < -0.3 is 4.52 Å². The summed E-state index contributed by atoms with van der Waals surface area (Å²) >= 11 is 0. The molecule has 60 valence electrons. The maximum absolute atomic E-state index is 11.6. The van der Waals surface area contributed by atoms with Gasteiger partial charge in [-0.2, -0.15) is 0 Å². The van der Waals surface area contributed by atoms with E-state index in [1.54, 1.807) is 6.66 Å². The first-order valence-electron chi connectivity index (χ1n) is 3.35. The monoisotopic (exact) mass is 170 g/mol. The minimum atomic E-state index is -2.53. The van der Waals surface area contributed by atoms with E-state index in [1.165, 1.54) is 7.11 Å². The summed E-state index contributed by atoms with van der Waals surface area (Å²) in [6, 6.07) is 9.21. The first kappa shape index (κ1) is 8.51. The van der Waals surface area contributed by atoms with E-state index in [0.717, 1.165) is 5.30 Å². The van der Waals surface area contributed by atoms with Gasteiger partial charge in [0, 0.05) is 19.1 Å². The molecule has 1 rings (SSSR count). The molecule has 0 radical (unpaired) electrons. The Hall–Kier alpha value is -0.590. The van der Waals surface area contributed by atoms with Crippen LogP contribution in [0.5, 0.6) is 0 Å². The second kappa shape index (κ2) is 3.21. The molecule has 1 aromatic carbocycles. The molecule has 0 saturated heterocycles. The van der Waals surface area contributed by atoms with Crippen molar-refractivity contribution >= 4 is 12.7 Å². The quantitative estimate of drug-likeness (QED) is 0.633. The Morgan fingerprint density at radius 3 is 2.27 bits per heavy atom. The van der Waals surface area contributed by atoms with Crippen molar-refractivity contribution in [2.75, 3.05) is 13.8 Å². The lowest BCUT2D eigenvalue weighted by molar-refractivity contribution is 0.408. The third-order valence-corrected chi connectivity index (χ3v) is 3.51. The zero-order valence-corrected chi connectivity index (χ0v) is 7.54. The van der Waals surface area contributed by atoms with E-state index in [1.807, 2.05) is 30.3 Å². The van der Waals surface area contributed by atoms with Gasteiger partial charge in [0.15, 0.2) is 0 Å². The Bertz CT molecular complexity index is 269. The third kappa shape index (κ3) is 1.92. The molecule has 0 aromatic heterocycles. The lowest BCUT2D eigenvalue weighted by Crippen LogP contribution is -2.03. The molecule has 1 atom stereocenters. The van der Waals surface area contributed by atoms with Crippen molar-refractivity contribution in [3.8, 4) is 0 Å². The van der Waals surface area contributed by atoms with Gasteiger partial charge in [-0.25, -0.2) is 0 Å². The van der Waals surface area contributed by atoms with Gasteiger partial charge in [-0.3, -0.25) is 4.57 Å². The lowest BCUT2D eigenvalue weighted by atomic mass is 10.4. The van der Waals surface area contributed by atoms with Gasteiger partial charge in [-0.05, 0) is 12.1 Å². The van der Waals surface area contributed by atoms with Gasteiger partial charge in [0.05, 0.1) is 0 Å². The van der Waals surface area contributed by atoms with Crippen molar-refractivity contribution in [1.29, 1.82) is 0 Å². The highest BCUT2D eigenvalue weighted by Gasteiger charge is 2.15. The summed E-state index contributed by atoms with van der Waals surface area (Å²) < 4.78 is 16.4. The average molecular weight is 170 g/mol. The van der Waals surface area contributed by atoms with Crippen LogP contribution in [0.25, 0.3) is 0 Å². The van der Waals surface area contributed by atoms with Gasteiger partial charge in [-0.1, -0.05) is 18.2 Å². The number of rotatable bonds is 2. The molecule has 0 heterocycles. The van der Waals surface area contributed by atoms with Crippen molar-refractivity contribution < 1.29 is 9.09 Å². The van der Waals surface area contributed by atoms with Crippen molar-refractivity contribution in [1.82, 2.24) is 0 Å². The van der Waals surface area contributed by atoms with Crippen molar-refractivity contribution in [3.63, 3.8) is 0 Å². The first-order chi connectivity index (χ1) is 5.17. The van der Waals surface area contributed by atoms with Crippen LogP contribution in [-0.4, -0.2) is 13.8 Å². The minimum absolute atomic E-state index is 0.766. The molecule has 3 heteroatoms. The van der Waals surface area contributed by atoms with Crippen LogP contribution in [-0.2, 0) is 9.09 Å². The van der Waals surface area contributed by atoms with Gasteiger partial charge in [-0.15, -0.1) is 0 Å². The first-order valence-corrected chi connectivity index (χ1v) is 5.43. The zero-order valence-electron chi connectivity index (χ0n) is 6.65. The predicted molar refractivity (Wildman–Crippen MR) is 46.6 cm³/mol. The fraction of sp³-hybridized carbons (Fsp3) is 0.250. The Morgan fingerprint density at radius 2 is 1.82 bits per heavy atom. The van der Waals surface area contributed by atoms with Crippen molar-refractivity contribution in [2.24, 2.45) is 0 Å². The van der Waals surface area contributed by atoms with E-state index in [2.05, 4.69) is 0 Å². The van der Waals surface area contributed by atoms with Crippen LogP contribution in [0, 0.1) is 0 Å². The molecular formula is C8H11O2P. The van der Waals surface area contributed by atoms with Crippen molar-refractivity contribution in [3.05, 3.63) is 30.3 Å². The summed E-state index contributed by atoms with van der Waals surface area (Å²) in [5.74, 6) is 0. The molecular weight excluding hydrogens is 159 g/mol. The second-order valence-electron chi connectivity index (χ2n) is 2.36. The van der Waals surface area contributed by atoms with Crippen LogP contribution in [0.15, 0.2) is 30.3 Å². The Kier molecular flexibility index (Phi) is 2.48. The van der Waals surface area contributed by atoms with E-state index in [0.29, 0.717) is 0 Å². The van der Waals surface area contributed by atoms with E-state index in [-0.39, 0.29) is 0 Å². The molecule has 0 bridgehead atoms. The summed E-state index contributed by atoms with van der Waals surface area (Å²) in [6.45, 7) is 1.61. The van der Waals surface area contributed by atoms with Crippen LogP contribution in [0.3, 0.4) is 0 Å². The van der Waals surface area contributed by atoms with Crippen LogP contribution in [0.4, 0.5) is 0 Å². The van der Waals surface area contributed by atoms with Crippen LogP contribution in [0.2, 0.25) is 0 Å². The van der Waals surface area contributed by atoms with Gasteiger partial charge in [0.1, 0.15) is 0 Å². The smallest absolute Gasteiger partial charge is 0.228 e. The van der Waals surface area contributed by atoms with E-state index in [9.17, 15) is 4.57 Å². The highest BCUT2D eigenvalue weighted by atomic mass is 31.2. The SMILES string of the molecule is CO[P@@](C)(=O)c1ccccc1. The fourth-order valence-electron chi connectivity index (χ4n) is 0.804. The molecule has 0 fully saturated rings. The highest BCUT2D eigenvalue weighted by Crippen LogP contribution is 2.39. The molecule has 2 nitrogen and oxygen atoms in total. The Labute approximate surface area is 66.7 Å². The van der Waals surface area contributed by atoms with E-state index in [4.69, 9.17) is 4.52 Å². The van der Waals surface area contributed by atoms with Gasteiger partial charge >= 0.3 is 0 Å². The summed E-state index contributed by atoms with van der Waals surface area (Å²) in [7, 11) is -1.06. The summed E-state index contributed by atoms with van der Waals surface area (Å²) in [6.07, 6.45) is 0. The van der Waals surface area contributed by atoms with Gasteiger partial charge in [0.2, 0.25) is 7.37 Å². The maximum atomic E-state index is 11.6. The summed E-state index contributed by atoms with van der Waals surface area (Å²) in [5, 5.41) is 0.766.